The van der Waals surface area contributed by atoms with Gasteiger partial charge in [0.2, 0.25) is 0 Å². The van der Waals surface area contributed by atoms with Crippen LogP contribution in [0.3, 0.4) is 0 Å². The molecule has 0 radical (unpaired) electrons. The molecule has 4 aromatic rings. The van der Waals surface area contributed by atoms with Crippen molar-refractivity contribution < 1.29 is 13.6 Å². The van der Waals surface area contributed by atoms with Gasteiger partial charge in [-0.1, -0.05) is 23.2 Å². The monoisotopic (exact) mass is 479 g/mol. The van der Waals surface area contributed by atoms with E-state index in [0.29, 0.717) is 5.65 Å². The Kier molecular flexibility index (Phi) is 4.71. The van der Waals surface area contributed by atoms with E-state index in [1.807, 2.05) is 0 Å². The molecule has 4 aromatic heterocycles. The first-order valence-corrected chi connectivity index (χ1v) is 9.97. The van der Waals surface area contributed by atoms with Crippen LogP contribution in [0.5, 0.6) is 0 Å². The van der Waals surface area contributed by atoms with Gasteiger partial charge in [0.25, 0.3) is 6.43 Å². The van der Waals surface area contributed by atoms with Crippen LogP contribution < -0.4 is 10.2 Å². The molecule has 1 N–H and O–H groups in total. The lowest BCUT2D eigenvalue weighted by atomic mass is 9.89. The Balaban J connectivity index is 1.49. The van der Waals surface area contributed by atoms with Crippen LogP contribution in [0.4, 0.5) is 25.0 Å². The van der Waals surface area contributed by atoms with Gasteiger partial charge in [-0.3, -0.25) is 4.90 Å². The number of amides is 2. The largest absolute Gasteiger partial charge is 0.326 e. The van der Waals surface area contributed by atoms with Crippen molar-refractivity contribution in [3.8, 4) is 5.82 Å². The second kappa shape index (κ2) is 7.35. The lowest BCUT2D eigenvalue weighted by molar-refractivity contribution is 0.0651. The normalized spacial score (nSPS) is 17.9. The lowest BCUT2D eigenvalue weighted by Crippen LogP contribution is -2.41. The van der Waals surface area contributed by atoms with Crippen LogP contribution in [0, 0.1) is 0 Å². The molecule has 10 nitrogen and oxygen atoms in total. The third kappa shape index (κ3) is 3.14. The van der Waals surface area contributed by atoms with E-state index in [9.17, 15) is 13.6 Å². The molecule has 1 aliphatic heterocycles. The second-order valence-corrected chi connectivity index (χ2v) is 8.11. The number of hydrogen-bond donors (Lipinski definition) is 1. The van der Waals surface area contributed by atoms with Gasteiger partial charge >= 0.3 is 6.03 Å². The van der Waals surface area contributed by atoms with Gasteiger partial charge in [-0.2, -0.15) is 15.3 Å². The number of pyridine rings is 1. The number of aromatic nitrogens is 7. The number of nitrogens with zero attached hydrogens (tertiary/aromatic N) is 8. The Bertz CT molecular complexity index is 1340. The van der Waals surface area contributed by atoms with E-state index in [1.54, 1.807) is 0 Å². The molecule has 0 fully saturated rings. The van der Waals surface area contributed by atoms with E-state index >= 15 is 0 Å². The van der Waals surface area contributed by atoms with Crippen molar-refractivity contribution >= 4 is 46.3 Å². The zero-order valence-corrected chi connectivity index (χ0v) is 17.8. The van der Waals surface area contributed by atoms with Crippen LogP contribution in [0.1, 0.15) is 12.6 Å². The van der Waals surface area contributed by atoms with Crippen molar-refractivity contribution in [3.05, 3.63) is 52.8 Å². The number of halogens is 4. The number of anilines is 2. The molecule has 0 aromatic carbocycles. The molecule has 0 aliphatic carbocycles. The molecule has 14 heteroatoms. The third-order valence-electron chi connectivity index (χ3n) is 5.16. The van der Waals surface area contributed by atoms with E-state index < -0.39 is 17.9 Å². The minimum atomic E-state index is -2.77. The van der Waals surface area contributed by atoms with Gasteiger partial charge in [-0.25, -0.2) is 28.1 Å². The molecule has 0 unspecified atom stereocenters. The second-order valence-electron chi connectivity index (χ2n) is 7.31. The predicted octanol–water partition coefficient (Wildman–Crippen LogP) is 3.59. The number of carbonyl (C=O) groups excluding carboxylic acids is 1. The van der Waals surface area contributed by atoms with Crippen LogP contribution in [-0.2, 0) is 5.41 Å². The molecule has 0 spiro atoms. The predicted molar refractivity (Wildman–Crippen MR) is 112 cm³/mol. The number of rotatable bonds is 3. The molecule has 2 amide bonds. The highest BCUT2D eigenvalue weighted by atomic mass is 35.5. The highest BCUT2D eigenvalue weighted by Gasteiger charge is 2.50. The van der Waals surface area contributed by atoms with Crippen molar-refractivity contribution in [1.29, 1.82) is 0 Å². The maximum absolute atomic E-state index is 14.1. The van der Waals surface area contributed by atoms with E-state index in [-0.39, 0.29) is 39.6 Å². The third-order valence-corrected chi connectivity index (χ3v) is 5.62. The van der Waals surface area contributed by atoms with Crippen molar-refractivity contribution in [3.63, 3.8) is 0 Å². The number of hydrogen-bond acceptors (Lipinski definition) is 6. The standard InChI is InChI=1S/C18H13Cl2F2N9O/c1-18(16(21)22)8-29(11-7-23-13-5-12(20)28-30(13)14(11)18)17(32)27-9-4-10(19)15(24-6-9)31-25-2-3-26-31/h2-7,16H,8H2,1H3,(H,27,32)/t18-/m0/s1. The summed E-state index contributed by atoms with van der Waals surface area (Å²) in [6.45, 7) is 1.07. The summed E-state index contributed by atoms with van der Waals surface area (Å²) < 4.78 is 29.5. The Morgan fingerprint density at radius 1 is 1.19 bits per heavy atom. The molecule has 0 saturated heterocycles. The smallest absolute Gasteiger partial charge is 0.306 e. The van der Waals surface area contributed by atoms with Crippen molar-refractivity contribution in [2.24, 2.45) is 0 Å². The zero-order valence-electron chi connectivity index (χ0n) is 16.2. The number of nitrogens with one attached hydrogen (secondary N) is 1. The summed E-state index contributed by atoms with van der Waals surface area (Å²) in [5, 5.41) is 14.9. The van der Waals surface area contributed by atoms with Crippen molar-refractivity contribution in [2.75, 3.05) is 16.8 Å². The fraction of sp³-hybridized carbons (Fsp3) is 0.222. The van der Waals surface area contributed by atoms with Gasteiger partial charge in [-0.15, -0.1) is 4.80 Å². The summed E-state index contributed by atoms with van der Waals surface area (Å²) in [5.41, 5.74) is -0.764. The fourth-order valence-electron chi connectivity index (χ4n) is 3.63. The number of fused-ring (bicyclic) bond motifs is 3. The van der Waals surface area contributed by atoms with Crippen LogP contribution in [-0.4, -0.2) is 53.6 Å². The molecule has 1 aliphatic rings. The Morgan fingerprint density at radius 2 is 1.94 bits per heavy atom. The maximum Gasteiger partial charge on any atom is 0.326 e. The molecule has 164 valence electrons. The van der Waals surface area contributed by atoms with E-state index in [2.05, 4.69) is 30.6 Å². The molecular formula is C18H13Cl2F2N9O. The van der Waals surface area contributed by atoms with E-state index in [4.69, 9.17) is 23.2 Å². The summed E-state index contributed by atoms with van der Waals surface area (Å²) >= 11 is 12.2. The quantitative estimate of drug-likeness (QED) is 0.481. The number of alkyl halides is 2. The Labute approximate surface area is 188 Å². The molecule has 32 heavy (non-hydrogen) atoms. The van der Waals surface area contributed by atoms with Crippen LogP contribution in [0.2, 0.25) is 10.2 Å². The summed E-state index contributed by atoms with van der Waals surface area (Å²) in [5.74, 6) is 0.272. The first-order chi connectivity index (χ1) is 15.3. The summed E-state index contributed by atoms with van der Waals surface area (Å²) in [4.78, 5) is 23.8. The molecule has 1 atom stereocenters. The average molecular weight is 480 g/mol. The number of carbonyl (C=O) groups is 1. The summed E-state index contributed by atoms with van der Waals surface area (Å²) in [6.07, 6.45) is 2.88. The summed E-state index contributed by atoms with van der Waals surface area (Å²) in [6, 6.07) is 2.27. The minimum Gasteiger partial charge on any atom is -0.306 e. The first-order valence-electron chi connectivity index (χ1n) is 9.21. The SMILES string of the molecule is C[C@]1(C(F)F)CN(C(=O)Nc2cnc(-n3nccn3)c(Cl)c2)c2cnc3cc(Cl)nn3c21. The van der Waals surface area contributed by atoms with E-state index in [1.165, 1.54) is 58.1 Å². The van der Waals surface area contributed by atoms with Crippen molar-refractivity contribution in [1.82, 2.24) is 34.6 Å². The molecule has 0 bridgehead atoms. The molecule has 5 rings (SSSR count). The highest BCUT2D eigenvalue weighted by Crippen LogP contribution is 2.44. The van der Waals surface area contributed by atoms with Gasteiger partial charge in [-0.05, 0) is 13.0 Å². The van der Waals surface area contributed by atoms with Crippen molar-refractivity contribution in [2.45, 2.75) is 18.8 Å². The van der Waals surface area contributed by atoms with Gasteiger partial charge in [0, 0.05) is 12.6 Å². The summed E-state index contributed by atoms with van der Waals surface area (Å²) in [7, 11) is 0. The molecular weight excluding hydrogens is 467 g/mol. The van der Waals surface area contributed by atoms with Crippen LogP contribution >= 0.6 is 23.2 Å². The fourth-order valence-corrected chi connectivity index (χ4v) is 4.05. The van der Waals surface area contributed by atoms with Gasteiger partial charge < -0.3 is 5.32 Å². The lowest BCUT2D eigenvalue weighted by Gasteiger charge is -2.24. The zero-order chi connectivity index (χ0) is 22.6. The first kappa shape index (κ1) is 20.5. The highest BCUT2D eigenvalue weighted by molar-refractivity contribution is 6.32. The van der Waals surface area contributed by atoms with E-state index in [0.717, 1.165) is 0 Å². The van der Waals surface area contributed by atoms with Gasteiger partial charge in [0.15, 0.2) is 16.6 Å². The van der Waals surface area contributed by atoms with Crippen LogP contribution in [0.25, 0.3) is 11.5 Å². The molecule has 0 saturated carbocycles. The van der Waals surface area contributed by atoms with Gasteiger partial charge in [0.05, 0.1) is 52.3 Å². The maximum atomic E-state index is 14.1. The van der Waals surface area contributed by atoms with Crippen LogP contribution in [0.15, 0.2) is 36.9 Å². The Hall–Kier alpha value is -3.38. The molecule has 5 heterocycles. The van der Waals surface area contributed by atoms with Gasteiger partial charge in [0.1, 0.15) is 0 Å². The average Bonchev–Trinajstić information content (AvgIpc) is 3.45. The Morgan fingerprint density at radius 3 is 2.62 bits per heavy atom. The minimum absolute atomic E-state index is 0.109. The topological polar surface area (TPSA) is 106 Å². The number of urea groups is 1.